The normalized spacial score (nSPS) is 20.8. The quantitative estimate of drug-likeness (QED) is 0.434. The Balaban J connectivity index is 2.24. The molecule has 1 saturated heterocycles. The summed E-state index contributed by atoms with van der Waals surface area (Å²) in [4.78, 5) is 23.6. The molecule has 9 heteroatoms. The predicted octanol–water partition coefficient (Wildman–Crippen LogP) is 1.81. The molecule has 0 aromatic carbocycles. The molecule has 1 aliphatic rings. The maximum Gasteiger partial charge on any atom is 0.353 e. The third kappa shape index (κ3) is 5.15. The van der Waals surface area contributed by atoms with Crippen LogP contribution in [0.25, 0.3) is 0 Å². The van der Waals surface area contributed by atoms with E-state index in [4.69, 9.17) is 5.73 Å². The molecule has 0 saturated carbocycles. The van der Waals surface area contributed by atoms with Crippen LogP contribution in [-0.4, -0.2) is 60.1 Å². The lowest BCUT2D eigenvalue weighted by molar-refractivity contribution is -0.383. The summed E-state index contributed by atoms with van der Waals surface area (Å²) in [5, 5.41) is 14.6. The summed E-state index contributed by atoms with van der Waals surface area (Å²) in [6.45, 7) is 7.40. The fourth-order valence-corrected chi connectivity index (χ4v) is 3.37. The minimum absolute atomic E-state index is 0.0870. The van der Waals surface area contributed by atoms with Gasteiger partial charge in [0.15, 0.2) is 0 Å². The smallest absolute Gasteiger partial charge is 0.353 e. The zero-order valence-electron chi connectivity index (χ0n) is 15.5. The average molecular weight is 351 g/mol. The molecule has 2 rings (SSSR count). The van der Waals surface area contributed by atoms with Crippen molar-refractivity contribution in [2.45, 2.75) is 26.7 Å². The van der Waals surface area contributed by atoms with Crippen LogP contribution in [0.15, 0.2) is 0 Å². The lowest BCUT2D eigenvalue weighted by Gasteiger charge is -2.35. The van der Waals surface area contributed by atoms with Crippen molar-refractivity contribution in [3.8, 4) is 0 Å². The van der Waals surface area contributed by atoms with Crippen molar-refractivity contribution >= 4 is 23.3 Å². The highest BCUT2D eigenvalue weighted by Gasteiger charge is 2.31. The molecule has 1 aromatic heterocycles. The van der Waals surface area contributed by atoms with Crippen molar-refractivity contribution in [2.75, 3.05) is 56.2 Å². The molecule has 0 spiro atoms. The molecular weight excluding hydrogens is 322 g/mol. The highest BCUT2D eigenvalue weighted by Crippen LogP contribution is 2.35. The second-order valence-electron chi connectivity index (χ2n) is 7.30. The van der Waals surface area contributed by atoms with Crippen molar-refractivity contribution in [1.29, 1.82) is 0 Å². The SMILES string of the molecule is CC1CC(C)CN(c2nc(NCCCN(C)C)nc(N)c2[N+](=O)[O-])C1. The third-order valence-corrected chi connectivity index (χ3v) is 4.31. The standard InChI is InChI=1S/C16H29N7O2/c1-11-8-12(2)10-22(9-11)15-13(23(24)25)14(17)19-16(20-15)18-6-5-7-21(3)4/h11-12H,5-10H2,1-4H3,(H3,17,18,19,20). The summed E-state index contributed by atoms with van der Waals surface area (Å²) >= 11 is 0. The number of nitro groups is 1. The molecule has 0 bridgehead atoms. The van der Waals surface area contributed by atoms with Crippen LogP contribution in [0, 0.1) is 22.0 Å². The van der Waals surface area contributed by atoms with E-state index < -0.39 is 4.92 Å². The van der Waals surface area contributed by atoms with E-state index in [1.165, 1.54) is 0 Å². The van der Waals surface area contributed by atoms with Gasteiger partial charge in [-0.05, 0) is 45.3 Å². The topological polar surface area (TPSA) is 113 Å². The molecule has 1 aromatic rings. The van der Waals surface area contributed by atoms with Gasteiger partial charge in [-0.15, -0.1) is 0 Å². The van der Waals surface area contributed by atoms with Crippen molar-refractivity contribution in [3.05, 3.63) is 10.1 Å². The summed E-state index contributed by atoms with van der Waals surface area (Å²) in [6, 6.07) is 0. The Bertz CT molecular complexity index is 598. The fraction of sp³-hybridized carbons (Fsp3) is 0.750. The first-order valence-electron chi connectivity index (χ1n) is 8.73. The van der Waals surface area contributed by atoms with E-state index in [-0.39, 0.29) is 11.5 Å². The molecule has 3 N–H and O–H groups in total. The average Bonchev–Trinajstić information content (AvgIpc) is 2.49. The van der Waals surface area contributed by atoms with Gasteiger partial charge in [0.05, 0.1) is 4.92 Å². The number of nitrogens with one attached hydrogen (secondary N) is 1. The van der Waals surface area contributed by atoms with Crippen LogP contribution >= 0.6 is 0 Å². The highest BCUT2D eigenvalue weighted by atomic mass is 16.6. The van der Waals surface area contributed by atoms with Gasteiger partial charge in [-0.2, -0.15) is 9.97 Å². The minimum atomic E-state index is -0.482. The summed E-state index contributed by atoms with van der Waals surface area (Å²) in [6.07, 6.45) is 2.03. The first-order chi connectivity index (χ1) is 11.8. The van der Waals surface area contributed by atoms with Gasteiger partial charge in [-0.25, -0.2) is 0 Å². The molecule has 0 aliphatic carbocycles. The van der Waals surface area contributed by atoms with E-state index >= 15 is 0 Å². The van der Waals surface area contributed by atoms with E-state index in [0.29, 0.717) is 30.1 Å². The van der Waals surface area contributed by atoms with Gasteiger partial charge >= 0.3 is 5.69 Å². The van der Waals surface area contributed by atoms with Gasteiger partial charge in [0.1, 0.15) is 0 Å². The van der Waals surface area contributed by atoms with Crippen LogP contribution in [0.5, 0.6) is 0 Å². The Morgan fingerprint density at radius 3 is 2.52 bits per heavy atom. The largest absolute Gasteiger partial charge is 0.378 e. The van der Waals surface area contributed by atoms with Crippen LogP contribution in [0.2, 0.25) is 0 Å². The number of piperidine rings is 1. The Labute approximate surface area is 148 Å². The Kier molecular flexibility index (Phi) is 6.35. The molecule has 1 aliphatic heterocycles. The molecule has 25 heavy (non-hydrogen) atoms. The predicted molar refractivity (Wildman–Crippen MR) is 99.9 cm³/mol. The number of hydrogen-bond acceptors (Lipinski definition) is 8. The van der Waals surface area contributed by atoms with Gasteiger partial charge in [0.25, 0.3) is 0 Å². The number of nitrogens with two attached hydrogens (primary N) is 1. The van der Waals surface area contributed by atoms with Crippen molar-refractivity contribution in [2.24, 2.45) is 11.8 Å². The lowest BCUT2D eigenvalue weighted by atomic mass is 9.92. The summed E-state index contributed by atoms with van der Waals surface area (Å²) < 4.78 is 0. The highest BCUT2D eigenvalue weighted by molar-refractivity contribution is 5.71. The van der Waals surface area contributed by atoms with E-state index in [1.54, 1.807) is 0 Å². The number of aromatic nitrogens is 2. The Hall–Kier alpha value is -2.16. The zero-order valence-corrected chi connectivity index (χ0v) is 15.5. The van der Waals surface area contributed by atoms with Crippen LogP contribution in [-0.2, 0) is 0 Å². The summed E-state index contributed by atoms with van der Waals surface area (Å²) in [5.41, 5.74) is 5.69. The third-order valence-electron chi connectivity index (χ3n) is 4.31. The minimum Gasteiger partial charge on any atom is -0.378 e. The second-order valence-corrected chi connectivity index (χ2v) is 7.30. The van der Waals surface area contributed by atoms with Crippen molar-refractivity contribution < 1.29 is 4.92 Å². The van der Waals surface area contributed by atoms with Gasteiger partial charge in [0.2, 0.25) is 17.6 Å². The molecule has 140 valence electrons. The molecule has 0 radical (unpaired) electrons. The molecule has 2 atom stereocenters. The number of nitrogens with zero attached hydrogens (tertiary/aromatic N) is 5. The number of nitrogen functional groups attached to an aromatic ring is 1. The van der Waals surface area contributed by atoms with Crippen LogP contribution < -0.4 is 16.0 Å². The van der Waals surface area contributed by atoms with Gasteiger partial charge in [-0.1, -0.05) is 13.8 Å². The Morgan fingerprint density at radius 2 is 1.96 bits per heavy atom. The van der Waals surface area contributed by atoms with Crippen LogP contribution in [0.4, 0.5) is 23.3 Å². The van der Waals surface area contributed by atoms with E-state index in [0.717, 1.165) is 32.5 Å². The summed E-state index contributed by atoms with van der Waals surface area (Å²) in [7, 11) is 4.02. The first-order valence-corrected chi connectivity index (χ1v) is 8.73. The van der Waals surface area contributed by atoms with Gasteiger partial charge in [0, 0.05) is 19.6 Å². The number of anilines is 3. The maximum atomic E-state index is 11.5. The fourth-order valence-electron chi connectivity index (χ4n) is 3.37. The molecule has 9 nitrogen and oxygen atoms in total. The lowest BCUT2D eigenvalue weighted by Crippen LogP contribution is -2.39. The summed E-state index contributed by atoms with van der Waals surface area (Å²) in [5.74, 6) is 1.50. The monoisotopic (exact) mass is 351 g/mol. The van der Waals surface area contributed by atoms with E-state index in [9.17, 15) is 10.1 Å². The zero-order chi connectivity index (χ0) is 18.6. The molecular formula is C16H29N7O2. The van der Waals surface area contributed by atoms with Crippen LogP contribution in [0.3, 0.4) is 0 Å². The number of hydrogen-bond donors (Lipinski definition) is 2. The van der Waals surface area contributed by atoms with Gasteiger partial charge in [-0.3, -0.25) is 10.1 Å². The molecule has 1 fully saturated rings. The first kappa shape index (κ1) is 19.2. The number of rotatable bonds is 7. The molecule has 0 amide bonds. The second kappa shape index (κ2) is 8.28. The van der Waals surface area contributed by atoms with E-state index in [1.807, 2.05) is 19.0 Å². The van der Waals surface area contributed by atoms with Gasteiger partial charge < -0.3 is 20.9 Å². The van der Waals surface area contributed by atoms with Crippen molar-refractivity contribution in [3.63, 3.8) is 0 Å². The van der Waals surface area contributed by atoms with Crippen LogP contribution in [0.1, 0.15) is 26.7 Å². The maximum absolute atomic E-state index is 11.5. The Morgan fingerprint density at radius 1 is 1.32 bits per heavy atom. The van der Waals surface area contributed by atoms with E-state index in [2.05, 4.69) is 34.0 Å². The van der Waals surface area contributed by atoms with Crippen molar-refractivity contribution in [1.82, 2.24) is 14.9 Å². The molecule has 2 unspecified atom stereocenters. The molecule has 2 heterocycles.